The van der Waals surface area contributed by atoms with Gasteiger partial charge in [0.15, 0.2) is 0 Å². The van der Waals surface area contributed by atoms with E-state index >= 15 is 0 Å². The number of thiophene rings is 1. The first kappa shape index (κ1) is 18.7. The second kappa shape index (κ2) is 7.66. The van der Waals surface area contributed by atoms with Crippen molar-refractivity contribution >= 4 is 49.2 Å². The molecule has 0 radical (unpaired) electrons. The number of nitrogens with zero attached hydrogens (tertiary/aromatic N) is 2. The first-order valence-corrected chi connectivity index (χ1v) is 10.6. The molecule has 0 saturated heterocycles. The molecule has 0 aliphatic heterocycles. The van der Waals surface area contributed by atoms with Crippen LogP contribution in [0.2, 0.25) is 0 Å². The average Bonchev–Trinajstić information content (AvgIpc) is 3.00. The topological polar surface area (TPSA) is 101 Å². The maximum atomic E-state index is 12.9. The van der Waals surface area contributed by atoms with Crippen LogP contribution in [0.15, 0.2) is 45.9 Å². The Hall–Kier alpha value is -2.08. The highest BCUT2D eigenvalue weighted by molar-refractivity contribution is 8.00. The number of benzene rings is 1. The number of fused-ring (bicyclic) bond motifs is 1. The molecule has 26 heavy (non-hydrogen) atoms. The monoisotopic (exact) mass is 412 g/mol. The number of aromatic nitrogens is 2. The number of thioether (sulfide) groups is 1. The van der Waals surface area contributed by atoms with Gasteiger partial charge in [0, 0.05) is 0 Å². The summed E-state index contributed by atoms with van der Waals surface area (Å²) in [6.07, 6.45) is 1.43. The summed E-state index contributed by atoms with van der Waals surface area (Å²) >= 11 is 2.67. The third kappa shape index (κ3) is 4.18. The normalized spacial score (nSPS) is 11.6. The molecule has 0 fully saturated rings. The van der Waals surface area contributed by atoms with Gasteiger partial charge >= 0.3 is 0 Å². The molecule has 7 nitrogen and oxygen atoms in total. The zero-order valence-electron chi connectivity index (χ0n) is 13.4. The van der Waals surface area contributed by atoms with E-state index in [2.05, 4.69) is 15.4 Å². The van der Waals surface area contributed by atoms with E-state index in [-0.39, 0.29) is 10.6 Å². The fourth-order valence-electron chi connectivity index (χ4n) is 2.02. The lowest BCUT2D eigenvalue weighted by molar-refractivity contribution is -0.119. The van der Waals surface area contributed by atoms with Crippen molar-refractivity contribution in [3.63, 3.8) is 0 Å². The van der Waals surface area contributed by atoms with Gasteiger partial charge in [-0.3, -0.25) is 10.2 Å². The van der Waals surface area contributed by atoms with Crippen molar-refractivity contribution in [3.8, 4) is 0 Å². The van der Waals surface area contributed by atoms with Gasteiger partial charge in [-0.1, -0.05) is 11.8 Å². The van der Waals surface area contributed by atoms with Crippen LogP contribution >= 0.6 is 23.1 Å². The molecule has 2 heterocycles. The molecule has 0 spiro atoms. The Bertz CT molecular complexity index is 1050. The smallest absolute Gasteiger partial charge is 0.257 e. The predicted octanol–water partition coefficient (Wildman–Crippen LogP) is 2.24. The number of sulfonamides is 1. The zero-order valence-corrected chi connectivity index (χ0v) is 15.8. The van der Waals surface area contributed by atoms with Crippen molar-refractivity contribution < 1.29 is 17.6 Å². The number of hydrogen-bond donors (Lipinski definition) is 2. The van der Waals surface area contributed by atoms with Crippen LogP contribution in [-0.2, 0) is 14.8 Å². The van der Waals surface area contributed by atoms with Gasteiger partial charge in [0.05, 0.1) is 20.9 Å². The summed E-state index contributed by atoms with van der Waals surface area (Å²) in [6, 6.07) is 4.26. The Morgan fingerprint density at radius 3 is 2.73 bits per heavy atom. The minimum Gasteiger partial charge on any atom is -0.277 e. The fourth-order valence-corrected chi connectivity index (χ4v) is 4.77. The first-order valence-electron chi connectivity index (χ1n) is 7.24. The molecule has 1 aromatic carbocycles. The Morgan fingerprint density at radius 2 is 2.00 bits per heavy atom. The Balaban J connectivity index is 1.59. The standard InChI is InChI=1S/C15H13FN4O3S3/c1-9-6-24-14-13(9)17-8-18-15(14)25-7-12(21)19-20-26(22,23)11-4-2-10(16)3-5-11/h2-6,8,20H,7H2,1H3,(H,19,21). The molecule has 0 aliphatic carbocycles. The van der Waals surface area contributed by atoms with Crippen LogP contribution < -0.4 is 10.3 Å². The minimum absolute atomic E-state index is 0.0327. The van der Waals surface area contributed by atoms with E-state index in [4.69, 9.17) is 0 Å². The highest BCUT2D eigenvalue weighted by Gasteiger charge is 2.16. The molecule has 2 N–H and O–H groups in total. The third-order valence-corrected chi connectivity index (χ3v) is 6.76. The van der Waals surface area contributed by atoms with Crippen LogP contribution in [0.1, 0.15) is 5.56 Å². The Labute approximate surface area is 157 Å². The van der Waals surface area contributed by atoms with Gasteiger partial charge in [0.25, 0.3) is 10.0 Å². The van der Waals surface area contributed by atoms with E-state index in [1.54, 1.807) is 0 Å². The second-order valence-electron chi connectivity index (χ2n) is 5.17. The molecular weight excluding hydrogens is 399 g/mol. The summed E-state index contributed by atoms with van der Waals surface area (Å²) < 4.78 is 37.8. The van der Waals surface area contributed by atoms with Gasteiger partial charge in [0.2, 0.25) is 5.91 Å². The summed E-state index contributed by atoms with van der Waals surface area (Å²) in [5.41, 5.74) is 4.00. The number of halogens is 1. The molecule has 0 unspecified atom stereocenters. The number of rotatable bonds is 6. The number of carbonyl (C=O) groups is 1. The Morgan fingerprint density at radius 1 is 1.27 bits per heavy atom. The lowest BCUT2D eigenvalue weighted by Crippen LogP contribution is -2.42. The molecule has 11 heteroatoms. The molecule has 3 rings (SSSR count). The molecule has 0 bridgehead atoms. The van der Waals surface area contributed by atoms with Crippen molar-refractivity contribution in [2.24, 2.45) is 0 Å². The van der Waals surface area contributed by atoms with Crippen LogP contribution in [0.3, 0.4) is 0 Å². The van der Waals surface area contributed by atoms with Crippen LogP contribution in [0.25, 0.3) is 10.2 Å². The fraction of sp³-hybridized carbons (Fsp3) is 0.133. The number of nitrogens with one attached hydrogen (secondary N) is 2. The van der Waals surface area contributed by atoms with Gasteiger partial charge in [-0.05, 0) is 42.1 Å². The highest BCUT2D eigenvalue weighted by Crippen LogP contribution is 2.31. The predicted molar refractivity (Wildman–Crippen MR) is 97.7 cm³/mol. The van der Waals surface area contributed by atoms with E-state index in [9.17, 15) is 17.6 Å². The van der Waals surface area contributed by atoms with Gasteiger partial charge < -0.3 is 0 Å². The van der Waals surface area contributed by atoms with E-state index in [0.29, 0.717) is 5.03 Å². The molecule has 3 aromatic rings. The SMILES string of the molecule is Cc1csc2c(SCC(=O)NNS(=O)(=O)c3ccc(F)cc3)ncnc12. The van der Waals surface area contributed by atoms with Crippen molar-refractivity contribution in [1.29, 1.82) is 0 Å². The van der Waals surface area contributed by atoms with Crippen molar-refractivity contribution in [3.05, 3.63) is 47.4 Å². The number of aryl methyl sites for hydroxylation is 1. The molecule has 2 aromatic heterocycles. The minimum atomic E-state index is -3.97. The van der Waals surface area contributed by atoms with Crippen LogP contribution in [-0.4, -0.2) is 30.0 Å². The van der Waals surface area contributed by atoms with E-state index in [1.165, 1.54) is 29.4 Å². The van der Waals surface area contributed by atoms with E-state index < -0.39 is 21.7 Å². The average molecular weight is 412 g/mol. The third-order valence-electron chi connectivity index (χ3n) is 3.29. The molecule has 136 valence electrons. The maximum absolute atomic E-state index is 12.9. The van der Waals surface area contributed by atoms with Gasteiger partial charge in [-0.2, -0.15) is 0 Å². The number of hydrazine groups is 1. The summed E-state index contributed by atoms with van der Waals surface area (Å²) in [5, 5.41) is 2.62. The molecule has 0 atom stereocenters. The number of amides is 1. The van der Waals surface area contributed by atoms with E-state index in [0.717, 1.165) is 40.0 Å². The quantitative estimate of drug-likeness (QED) is 0.366. The van der Waals surface area contributed by atoms with E-state index in [1.807, 2.05) is 17.1 Å². The molecule has 0 saturated carbocycles. The van der Waals surface area contributed by atoms with Gasteiger partial charge in [0.1, 0.15) is 17.2 Å². The number of carbonyl (C=O) groups excluding carboxylic acids is 1. The summed E-state index contributed by atoms with van der Waals surface area (Å²) in [7, 11) is -3.97. The van der Waals surface area contributed by atoms with Crippen molar-refractivity contribution in [1.82, 2.24) is 20.2 Å². The first-order chi connectivity index (χ1) is 12.4. The lowest BCUT2D eigenvalue weighted by Gasteiger charge is -2.08. The zero-order chi connectivity index (χ0) is 18.7. The Kier molecular flexibility index (Phi) is 5.51. The highest BCUT2D eigenvalue weighted by atomic mass is 32.2. The molecule has 0 aliphatic rings. The lowest BCUT2D eigenvalue weighted by atomic mass is 10.3. The maximum Gasteiger partial charge on any atom is 0.257 e. The number of hydrogen-bond acceptors (Lipinski definition) is 7. The molecule has 1 amide bonds. The van der Waals surface area contributed by atoms with Crippen molar-refractivity contribution in [2.45, 2.75) is 16.8 Å². The summed E-state index contributed by atoms with van der Waals surface area (Å²) in [6.45, 7) is 1.94. The van der Waals surface area contributed by atoms with Gasteiger partial charge in [-0.15, -0.1) is 16.2 Å². The summed E-state index contributed by atoms with van der Waals surface area (Å²) in [5.74, 6) is -1.13. The summed E-state index contributed by atoms with van der Waals surface area (Å²) in [4.78, 5) is 22.1. The second-order valence-corrected chi connectivity index (χ2v) is 8.70. The molecular formula is C15H13FN4O3S3. The van der Waals surface area contributed by atoms with Crippen LogP contribution in [0, 0.1) is 12.7 Å². The van der Waals surface area contributed by atoms with Crippen LogP contribution in [0.4, 0.5) is 4.39 Å². The van der Waals surface area contributed by atoms with Crippen LogP contribution in [0.5, 0.6) is 0 Å². The largest absolute Gasteiger partial charge is 0.277 e. The van der Waals surface area contributed by atoms with Crippen molar-refractivity contribution in [2.75, 3.05) is 5.75 Å². The van der Waals surface area contributed by atoms with Gasteiger partial charge in [-0.25, -0.2) is 22.8 Å².